The topological polar surface area (TPSA) is 103 Å². The minimum absolute atomic E-state index is 0.0614. The highest BCUT2D eigenvalue weighted by molar-refractivity contribution is 5.70. The third-order valence-corrected chi connectivity index (χ3v) is 3.80. The molecule has 0 aliphatic rings. The number of hydrogen-bond donors (Lipinski definition) is 1. The highest BCUT2D eigenvalue weighted by Crippen LogP contribution is 2.31. The second-order valence-electron chi connectivity index (χ2n) is 5.70. The summed E-state index contributed by atoms with van der Waals surface area (Å²) in [7, 11) is 1.57. The molecule has 0 aliphatic carbocycles. The molecule has 0 saturated heterocycles. The van der Waals surface area contributed by atoms with E-state index in [1.807, 2.05) is 31.2 Å². The zero-order valence-corrected chi connectivity index (χ0v) is 14.4. The lowest BCUT2D eigenvalue weighted by molar-refractivity contribution is -0.383. The van der Waals surface area contributed by atoms with Crippen LogP contribution in [0.25, 0.3) is 22.8 Å². The predicted molar refractivity (Wildman–Crippen MR) is 96.9 cm³/mol. The smallest absolute Gasteiger partial charge is 0.293 e. The van der Waals surface area contributed by atoms with Crippen LogP contribution in [0.1, 0.15) is 5.56 Å². The predicted octanol–water partition coefficient (Wildman–Crippen LogP) is 3.68. The number of rotatable bonds is 7. The van der Waals surface area contributed by atoms with Gasteiger partial charge in [-0.2, -0.15) is 4.98 Å². The van der Waals surface area contributed by atoms with Gasteiger partial charge in [0.2, 0.25) is 5.82 Å². The molecule has 0 fully saturated rings. The average molecular weight is 354 g/mol. The van der Waals surface area contributed by atoms with Crippen molar-refractivity contribution in [1.29, 1.82) is 0 Å². The fourth-order valence-corrected chi connectivity index (χ4v) is 2.41. The number of aryl methyl sites for hydroxylation is 1. The zero-order valence-electron chi connectivity index (χ0n) is 14.4. The van der Waals surface area contributed by atoms with Crippen LogP contribution in [0, 0.1) is 17.0 Å². The number of nitrogens with zero attached hydrogens (tertiary/aromatic N) is 3. The molecular formula is C18H18N4O4. The van der Waals surface area contributed by atoms with Gasteiger partial charge < -0.3 is 14.6 Å². The van der Waals surface area contributed by atoms with Crippen LogP contribution in [-0.4, -0.2) is 35.3 Å². The Labute approximate surface area is 150 Å². The molecule has 0 bridgehead atoms. The molecule has 1 aromatic heterocycles. The van der Waals surface area contributed by atoms with E-state index in [1.165, 1.54) is 6.07 Å². The molecule has 3 rings (SSSR count). The Kier molecular flexibility index (Phi) is 5.23. The molecule has 3 aromatic rings. The molecule has 8 heteroatoms. The van der Waals surface area contributed by atoms with E-state index < -0.39 is 4.92 Å². The van der Waals surface area contributed by atoms with Crippen LogP contribution in [0.5, 0.6) is 0 Å². The summed E-state index contributed by atoms with van der Waals surface area (Å²) < 4.78 is 10.2. The molecular weight excluding hydrogens is 336 g/mol. The number of nitro groups is 1. The average Bonchev–Trinajstić information content (AvgIpc) is 3.12. The minimum Gasteiger partial charge on any atom is -0.383 e. The van der Waals surface area contributed by atoms with Gasteiger partial charge in [0.1, 0.15) is 5.69 Å². The van der Waals surface area contributed by atoms with Gasteiger partial charge >= 0.3 is 0 Å². The van der Waals surface area contributed by atoms with Gasteiger partial charge in [-0.1, -0.05) is 35.0 Å². The van der Waals surface area contributed by atoms with Crippen LogP contribution in [-0.2, 0) is 4.74 Å². The van der Waals surface area contributed by atoms with Gasteiger partial charge in [-0.3, -0.25) is 10.1 Å². The first-order valence-corrected chi connectivity index (χ1v) is 8.01. The fourth-order valence-electron chi connectivity index (χ4n) is 2.41. The lowest BCUT2D eigenvalue weighted by Gasteiger charge is -2.07. The van der Waals surface area contributed by atoms with Crippen LogP contribution in [0.2, 0.25) is 0 Å². The van der Waals surface area contributed by atoms with Crippen LogP contribution in [0.15, 0.2) is 47.0 Å². The van der Waals surface area contributed by atoms with E-state index in [0.717, 1.165) is 11.1 Å². The van der Waals surface area contributed by atoms with Crippen LogP contribution in [0.4, 0.5) is 11.4 Å². The Bertz CT molecular complexity index is 906. The maximum absolute atomic E-state index is 11.4. The molecule has 134 valence electrons. The van der Waals surface area contributed by atoms with Gasteiger partial charge in [0.05, 0.1) is 11.5 Å². The SMILES string of the molecule is COCCNc1ccc(-c2nc(-c3ccc(C)cc3)no2)cc1[N+](=O)[O-]. The van der Waals surface area contributed by atoms with E-state index in [1.54, 1.807) is 19.2 Å². The van der Waals surface area contributed by atoms with Crippen LogP contribution in [0.3, 0.4) is 0 Å². The molecule has 0 radical (unpaired) electrons. The van der Waals surface area contributed by atoms with Gasteiger partial charge in [0.25, 0.3) is 11.6 Å². The number of ether oxygens (including phenoxy) is 1. The summed E-state index contributed by atoms with van der Waals surface area (Å²) in [5.41, 5.74) is 2.78. The third-order valence-electron chi connectivity index (χ3n) is 3.80. The number of nitro benzene ring substituents is 1. The molecule has 8 nitrogen and oxygen atoms in total. The summed E-state index contributed by atoms with van der Waals surface area (Å²) in [5, 5.41) is 18.3. The number of anilines is 1. The van der Waals surface area contributed by atoms with Gasteiger partial charge in [-0.05, 0) is 19.1 Å². The molecule has 2 aromatic carbocycles. The summed E-state index contributed by atoms with van der Waals surface area (Å²) in [4.78, 5) is 15.3. The number of nitrogens with one attached hydrogen (secondary N) is 1. The van der Waals surface area contributed by atoms with Gasteiger partial charge in [0, 0.05) is 30.8 Å². The monoisotopic (exact) mass is 354 g/mol. The van der Waals surface area contributed by atoms with Gasteiger partial charge in [-0.15, -0.1) is 0 Å². The van der Waals surface area contributed by atoms with Crippen molar-refractivity contribution in [1.82, 2.24) is 10.1 Å². The Hall–Kier alpha value is -3.26. The maximum Gasteiger partial charge on any atom is 0.293 e. The standard InChI is InChI=1S/C18H18N4O4/c1-12-3-5-13(6-4-12)17-20-18(26-21-17)14-7-8-15(19-9-10-25-2)16(11-14)22(23)24/h3-8,11,19H,9-10H2,1-2H3. The number of aromatic nitrogens is 2. The summed E-state index contributed by atoms with van der Waals surface area (Å²) in [5.74, 6) is 0.664. The van der Waals surface area contributed by atoms with E-state index in [2.05, 4.69) is 15.5 Å². The lowest BCUT2D eigenvalue weighted by atomic mass is 10.1. The first-order valence-electron chi connectivity index (χ1n) is 8.01. The second kappa shape index (κ2) is 7.75. The largest absolute Gasteiger partial charge is 0.383 e. The fraction of sp³-hybridized carbons (Fsp3) is 0.222. The van der Waals surface area contributed by atoms with E-state index in [-0.39, 0.29) is 11.6 Å². The molecule has 0 amide bonds. The Morgan fingerprint density at radius 3 is 2.62 bits per heavy atom. The zero-order chi connectivity index (χ0) is 18.5. The molecule has 0 aliphatic heterocycles. The van der Waals surface area contributed by atoms with Crippen LogP contribution >= 0.6 is 0 Å². The number of benzene rings is 2. The lowest BCUT2D eigenvalue weighted by Crippen LogP contribution is -2.09. The first kappa shape index (κ1) is 17.6. The molecule has 0 spiro atoms. The Morgan fingerprint density at radius 1 is 1.19 bits per heavy atom. The van der Waals surface area contributed by atoms with Crippen molar-refractivity contribution >= 4 is 11.4 Å². The van der Waals surface area contributed by atoms with Crippen molar-refractivity contribution in [2.45, 2.75) is 6.92 Å². The van der Waals surface area contributed by atoms with E-state index in [0.29, 0.717) is 30.2 Å². The summed E-state index contributed by atoms with van der Waals surface area (Å²) in [6, 6.07) is 12.5. The number of methoxy groups -OCH3 is 1. The Morgan fingerprint density at radius 2 is 1.92 bits per heavy atom. The van der Waals surface area contributed by atoms with Crippen molar-refractivity contribution in [2.24, 2.45) is 0 Å². The Balaban J connectivity index is 1.88. The molecule has 26 heavy (non-hydrogen) atoms. The van der Waals surface area contributed by atoms with Crippen molar-refractivity contribution in [3.05, 3.63) is 58.1 Å². The van der Waals surface area contributed by atoms with E-state index >= 15 is 0 Å². The number of hydrogen-bond acceptors (Lipinski definition) is 7. The maximum atomic E-state index is 11.4. The summed E-state index contributed by atoms with van der Waals surface area (Å²) in [6.07, 6.45) is 0. The van der Waals surface area contributed by atoms with E-state index in [9.17, 15) is 10.1 Å². The second-order valence-corrected chi connectivity index (χ2v) is 5.70. The van der Waals surface area contributed by atoms with Gasteiger partial charge in [-0.25, -0.2) is 0 Å². The molecule has 0 atom stereocenters. The molecule has 0 saturated carbocycles. The first-order chi connectivity index (χ1) is 12.6. The molecule has 1 N–H and O–H groups in total. The summed E-state index contributed by atoms with van der Waals surface area (Å²) >= 11 is 0. The molecule has 0 unspecified atom stereocenters. The highest BCUT2D eigenvalue weighted by atomic mass is 16.6. The van der Waals surface area contributed by atoms with Crippen molar-refractivity contribution < 1.29 is 14.2 Å². The third kappa shape index (κ3) is 3.86. The normalized spacial score (nSPS) is 10.7. The van der Waals surface area contributed by atoms with Gasteiger partial charge in [0.15, 0.2) is 0 Å². The van der Waals surface area contributed by atoms with Crippen molar-refractivity contribution in [3.8, 4) is 22.8 Å². The van der Waals surface area contributed by atoms with Crippen molar-refractivity contribution in [3.63, 3.8) is 0 Å². The van der Waals surface area contributed by atoms with Crippen molar-refractivity contribution in [2.75, 3.05) is 25.6 Å². The summed E-state index contributed by atoms with van der Waals surface area (Å²) in [6.45, 7) is 2.91. The highest BCUT2D eigenvalue weighted by Gasteiger charge is 2.18. The van der Waals surface area contributed by atoms with E-state index in [4.69, 9.17) is 9.26 Å². The van der Waals surface area contributed by atoms with Crippen LogP contribution < -0.4 is 5.32 Å². The molecule has 1 heterocycles. The quantitative estimate of drug-likeness (QED) is 0.392. The minimum atomic E-state index is -0.449.